The first-order valence-electron chi connectivity index (χ1n) is 6.76. The summed E-state index contributed by atoms with van der Waals surface area (Å²) in [4.78, 5) is 25.4. The minimum atomic E-state index is -0.835. The van der Waals surface area contributed by atoms with E-state index < -0.39 is 11.4 Å². The van der Waals surface area contributed by atoms with Gasteiger partial charge in [-0.2, -0.15) is 0 Å². The predicted octanol–water partition coefficient (Wildman–Crippen LogP) is 2.60. The maximum Gasteiger partial charge on any atom is 0.311 e. The zero-order chi connectivity index (χ0) is 14.9. The van der Waals surface area contributed by atoms with Gasteiger partial charge in [0, 0.05) is 30.3 Å². The van der Waals surface area contributed by atoms with E-state index in [1.165, 1.54) is 0 Å². The van der Waals surface area contributed by atoms with Gasteiger partial charge in [-0.1, -0.05) is 6.92 Å². The van der Waals surface area contributed by atoms with Crippen molar-refractivity contribution < 1.29 is 14.7 Å². The second-order valence-corrected chi connectivity index (χ2v) is 6.50. The molecule has 2 rings (SSSR count). The van der Waals surface area contributed by atoms with Crippen LogP contribution >= 0.6 is 15.9 Å². The van der Waals surface area contributed by atoms with E-state index in [-0.39, 0.29) is 12.5 Å². The lowest BCUT2D eigenvalue weighted by Crippen LogP contribution is -2.35. The number of amides is 1. The van der Waals surface area contributed by atoms with E-state index in [2.05, 4.69) is 22.9 Å². The average Bonchev–Trinajstić information content (AvgIpc) is 2.94. The number of nitrogens with zero attached hydrogens (tertiary/aromatic N) is 2. The number of aromatic nitrogens is 1. The zero-order valence-electron chi connectivity index (χ0n) is 11.7. The number of hydrogen-bond donors (Lipinski definition) is 1. The van der Waals surface area contributed by atoms with Crippen LogP contribution in [0.4, 0.5) is 0 Å². The molecule has 1 fully saturated rings. The van der Waals surface area contributed by atoms with Crippen molar-refractivity contribution in [2.75, 3.05) is 13.1 Å². The van der Waals surface area contributed by atoms with Crippen LogP contribution in [0.5, 0.6) is 0 Å². The van der Waals surface area contributed by atoms with Gasteiger partial charge < -0.3 is 14.6 Å². The van der Waals surface area contributed by atoms with Crippen molar-refractivity contribution in [1.82, 2.24) is 9.47 Å². The Labute approximate surface area is 126 Å². The summed E-state index contributed by atoms with van der Waals surface area (Å²) in [5.41, 5.74) is -0.205. The number of rotatable bonds is 4. The SMILES string of the molecule is CCCn1cc(Br)cc1C(=O)N1CCC(C)(C(=O)O)C1. The molecule has 1 saturated heterocycles. The molecule has 1 aromatic heterocycles. The molecule has 1 aliphatic heterocycles. The van der Waals surface area contributed by atoms with Crippen LogP contribution in [0.3, 0.4) is 0 Å². The van der Waals surface area contributed by atoms with Gasteiger partial charge in [-0.3, -0.25) is 9.59 Å². The van der Waals surface area contributed by atoms with Gasteiger partial charge in [-0.15, -0.1) is 0 Å². The molecule has 0 bridgehead atoms. The highest BCUT2D eigenvalue weighted by Gasteiger charge is 2.42. The van der Waals surface area contributed by atoms with E-state index >= 15 is 0 Å². The first-order chi connectivity index (χ1) is 9.37. The molecule has 1 unspecified atom stereocenters. The van der Waals surface area contributed by atoms with Gasteiger partial charge in [0.2, 0.25) is 0 Å². The lowest BCUT2D eigenvalue weighted by atomic mass is 9.90. The van der Waals surface area contributed by atoms with Crippen LogP contribution in [0, 0.1) is 5.41 Å². The van der Waals surface area contributed by atoms with Crippen LogP contribution in [0.2, 0.25) is 0 Å². The lowest BCUT2D eigenvalue weighted by molar-refractivity contribution is -0.147. The Balaban J connectivity index is 2.19. The summed E-state index contributed by atoms with van der Waals surface area (Å²) in [6, 6.07) is 1.80. The van der Waals surface area contributed by atoms with Gasteiger partial charge in [0.05, 0.1) is 5.41 Å². The number of carboxylic acids is 1. The van der Waals surface area contributed by atoms with E-state index in [1.54, 1.807) is 17.9 Å². The largest absolute Gasteiger partial charge is 0.481 e. The van der Waals surface area contributed by atoms with Crippen molar-refractivity contribution in [3.8, 4) is 0 Å². The number of aryl methyl sites for hydroxylation is 1. The fourth-order valence-corrected chi connectivity index (χ4v) is 3.01. The summed E-state index contributed by atoms with van der Waals surface area (Å²) in [7, 11) is 0. The molecule has 1 amide bonds. The molecule has 6 heteroatoms. The average molecular weight is 343 g/mol. The van der Waals surface area contributed by atoms with E-state index in [4.69, 9.17) is 0 Å². The second kappa shape index (κ2) is 5.60. The van der Waals surface area contributed by atoms with Crippen molar-refractivity contribution in [1.29, 1.82) is 0 Å². The fourth-order valence-electron chi connectivity index (χ4n) is 2.55. The van der Waals surface area contributed by atoms with Gasteiger partial charge >= 0.3 is 5.97 Å². The molecule has 0 radical (unpaired) electrons. The molecule has 1 N–H and O–H groups in total. The van der Waals surface area contributed by atoms with Crippen molar-refractivity contribution in [3.63, 3.8) is 0 Å². The van der Waals surface area contributed by atoms with Crippen LogP contribution in [-0.2, 0) is 11.3 Å². The van der Waals surface area contributed by atoms with E-state index in [0.29, 0.717) is 18.7 Å². The molecule has 2 heterocycles. The predicted molar refractivity (Wildman–Crippen MR) is 78.7 cm³/mol. The van der Waals surface area contributed by atoms with Crippen LogP contribution in [0.25, 0.3) is 0 Å². The number of carbonyl (C=O) groups is 2. The molecular weight excluding hydrogens is 324 g/mol. The Morgan fingerprint density at radius 3 is 2.75 bits per heavy atom. The Morgan fingerprint density at radius 1 is 1.50 bits per heavy atom. The summed E-state index contributed by atoms with van der Waals surface area (Å²) < 4.78 is 2.79. The topological polar surface area (TPSA) is 62.5 Å². The van der Waals surface area contributed by atoms with Crippen molar-refractivity contribution in [3.05, 3.63) is 22.4 Å². The zero-order valence-corrected chi connectivity index (χ0v) is 13.3. The Morgan fingerprint density at radius 2 is 2.20 bits per heavy atom. The summed E-state index contributed by atoms with van der Waals surface area (Å²) in [5.74, 6) is -0.924. The van der Waals surface area contributed by atoms with Gasteiger partial charge in [0.25, 0.3) is 5.91 Å². The third-order valence-electron chi connectivity index (χ3n) is 3.82. The lowest BCUT2D eigenvalue weighted by Gasteiger charge is -2.20. The highest BCUT2D eigenvalue weighted by molar-refractivity contribution is 9.10. The molecule has 0 saturated carbocycles. The van der Waals surface area contributed by atoms with Gasteiger partial charge in [-0.05, 0) is 41.8 Å². The van der Waals surface area contributed by atoms with E-state index in [1.807, 2.05) is 10.8 Å². The van der Waals surface area contributed by atoms with Crippen LogP contribution in [-0.4, -0.2) is 39.5 Å². The highest BCUT2D eigenvalue weighted by Crippen LogP contribution is 2.31. The fraction of sp³-hybridized carbons (Fsp3) is 0.571. The molecule has 0 aliphatic carbocycles. The minimum Gasteiger partial charge on any atom is -0.481 e. The molecule has 1 aliphatic rings. The first-order valence-corrected chi connectivity index (χ1v) is 7.55. The monoisotopic (exact) mass is 342 g/mol. The quantitative estimate of drug-likeness (QED) is 0.914. The van der Waals surface area contributed by atoms with Crippen LogP contribution in [0.15, 0.2) is 16.7 Å². The third-order valence-corrected chi connectivity index (χ3v) is 4.26. The van der Waals surface area contributed by atoms with Crippen molar-refractivity contribution in [2.24, 2.45) is 5.41 Å². The molecule has 1 atom stereocenters. The minimum absolute atomic E-state index is 0.0888. The Kier molecular flexibility index (Phi) is 4.22. The highest BCUT2D eigenvalue weighted by atomic mass is 79.9. The summed E-state index contributed by atoms with van der Waals surface area (Å²) in [6.07, 6.45) is 3.33. The molecule has 1 aromatic rings. The Bertz CT molecular complexity index is 541. The van der Waals surface area contributed by atoms with Gasteiger partial charge in [0.1, 0.15) is 5.69 Å². The number of carboxylic acid groups (broad SMARTS) is 1. The number of likely N-dealkylation sites (tertiary alicyclic amines) is 1. The molecule has 0 spiro atoms. The number of carbonyl (C=O) groups excluding carboxylic acids is 1. The van der Waals surface area contributed by atoms with Crippen LogP contribution < -0.4 is 0 Å². The molecule has 110 valence electrons. The van der Waals surface area contributed by atoms with E-state index in [9.17, 15) is 14.7 Å². The molecule has 5 nitrogen and oxygen atoms in total. The smallest absolute Gasteiger partial charge is 0.311 e. The molecular formula is C14H19BrN2O3. The standard InChI is InChI=1S/C14H19BrN2O3/c1-3-5-16-8-10(15)7-11(16)12(18)17-6-4-14(2,9-17)13(19)20/h7-8H,3-6,9H2,1-2H3,(H,19,20). The molecule has 20 heavy (non-hydrogen) atoms. The third kappa shape index (κ3) is 2.75. The summed E-state index contributed by atoms with van der Waals surface area (Å²) in [6.45, 7) is 5.30. The second-order valence-electron chi connectivity index (χ2n) is 5.58. The van der Waals surface area contributed by atoms with E-state index in [0.717, 1.165) is 17.4 Å². The maximum absolute atomic E-state index is 12.6. The maximum atomic E-state index is 12.6. The normalized spacial score (nSPS) is 22.2. The van der Waals surface area contributed by atoms with Gasteiger partial charge in [0.15, 0.2) is 0 Å². The first kappa shape index (κ1) is 15.1. The summed E-state index contributed by atoms with van der Waals surface area (Å²) >= 11 is 3.39. The molecule has 0 aromatic carbocycles. The number of halogens is 1. The van der Waals surface area contributed by atoms with Gasteiger partial charge in [-0.25, -0.2) is 0 Å². The summed E-state index contributed by atoms with van der Waals surface area (Å²) in [5, 5.41) is 9.23. The van der Waals surface area contributed by atoms with Crippen molar-refractivity contribution in [2.45, 2.75) is 33.2 Å². The van der Waals surface area contributed by atoms with Crippen molar-refractivity contribution >= 4 is 27.8 Å². The number of hydrogen-bond acceptors (Lipinski definition) is 2. The van der Waals surface area contributed by atoms with Crippen LogP contribution in [0.1, 0.15) is 37.2 Å². The number of aliphatic carboxylic acids is 1. The Hall–Kier alpha value is -1.30.